The molecule has 80 heavy (non-hydrogen) atoms. The maximum Gasteiger partial charge on any atom is 0.0159 e. The molecule has 0 nitrogen and oxygen atoms in total. The maximum atomic E-state index is 2.48. The van der Waals surface area contributed by atoms with Gasteiger partial charge in [0.05, 0.1) is 0 Å². The molecule has 0 amide bonds. The summed E-state index contributed by atoms with van der Waals surface area (Å²) in [6.45, 7) is 9.63. The first-order valence-corrected chi connectivity index (χ1v) is 28.7. The lowest BCUT2D eigenvalue weighted by molar-refractivity contribution is 0.660. The van der Waals surface area contributed by atoms with Crippen LogP contribution in [0.5, 0.6) is 0 Å². The van der Waals surface area contributed by atoms with Crippen LogP contribution >= 0.6 is 0 Å². The van der Waals surface area contributed by atoms with E-state index in [2.05, 4.69) is 270 Å². The lowest BCUT2D eigenvalue weighted by Crippen LogP contribution is -2.15. The Kier molecular flexibility index (Phi) is 9.46. The van der Waals surface area contributed by atoms with E-state index in [0.29, 0.717) is 0 Å². The fourth-order valence-electron chi connectivity index (χ4n) is 15.1. The first kappa shape index (κ1) is 45.6. The van der Waals surface area contributed by atoms with Gasteiger partial charge in [-0.3, -0.25) is 0 Å². The molecule has 0 aromatic heterocycles. The number of benzene rings is 12. The Morgan fingerprint density at radius 1 is 0.300 bits per heavy atom. The topological polar surface area (TPSA) is 0 Å². The van der Waals surface area contributed by atoms with Crippen LogP contribution in [-0.2, 0) is 17.3 Å². The Morgan fingerprint density at radius 2 is 0.700 bits per heavy atom. The molecule has 0 heterocycles. The van der Waals surface area contributed by atoms with Gasteiger partial charge < -0.3 is 0 Å². The zero-order valence-corrected chi connectivity index (χ0v) is 45.5. The zero-order valence-electron chi connectivity index (χ0n) is 45.5. The fraction of sp³-hybridized carbons (Fsp3) is 0.100. The third kappa shape index (κ3) is 6.51. The number of allylic oxidation sites excluding steroid dienone is 3. The van der Waals surface area contributed by atoms with Crippen LogP contribution in [0.1, 0.15) is 73.1 Å². The van der Waals surface area contributed by atoms with Crippen molar-refractivity contribution < 1.29 is 0 Å². The normalized spacial score (nSPS) is 14.9. The van der Waals surface area contributed by atoms with E-state index in [0.717, 1.165) is 12.8 Å². The largest absolute Gasteiger partial charge is 0.0795 e. The van der Waals surface area contributed by atoms with Gasteiger partial charge in [-0.15, -0.1) is 0 Å². The first-order valence-electron chi connectivity index (χ1n) is 28.7. The molecule has 0 spiro atoms. The standard InChI is InChI=1S/C80H56/c1-79(2)72-43-56(49-17-15-47(16-18-49)48-19-23-51(24-20-48)60-35-29-55-28-27-53-9-7-10-54-30-40-70(60)77(55)76(53)54)31-36-64(72)66-38-33-58(45-74(66)79)59-34-39-67-65-37-32-57(44-73(65)80(3,4)75(67)46-59)50-21-25-52(26-22-50)61-41-42-71-63-12-6-5-11-62(63)69-14-8-13-68(61)78(69)71/h5-9,11-39,41-46H,10,40H2,1-4H3. The average molecular weight is 1020 g/mol. The molecule has 0 saturated carbocycles. The molecule has 12 aromatic carbocycles. The van der Waals surface area contributed by atoms with E-state index in [1.807, 2.05) is 0 Å². The van der Waals surface area contributed by atoms with Crippen LogP contribution in [0, 0.1) is 0 Å². The molecule has 376 valence electrons. The SMILES string of the molecule is CC1(C)c2cc(-c3ccc(-c4ccc(-c5ccc6ccc7c8c6c5CC=C8CC=C7)cc4)cc3)ccc2-c2ccc(-c3ccc4c(c3)C(C)(C)c3cc(-c5ccc(-c6ccc7c8c(cccc68)-c6ccccc6-7)cc5)ccc3-4)cc21. The zero-order chi connectivity index (χ0) is 53.2. The summed E-state index contributed by atoms with van der Waals surface area (Å²) in [4.78, 5) is 0. The van der Waals surface area contributed by atoms with Gasteiger partial charge in [0.1, 0.15) is 0 Å². The fourth-order valence-corrected chi connectivity index (χ4v) is 15.1. The van der Waals surface area contributed by atoms with Crippen molar-refractivity contribution in [3.63, 3.8) is 0 Å². The summed E-state index contributed by atoms with van der Waals surface area (Å²) in [5, 5.41) is 5.48. The molecule has 0 N–H and O–H groups in total. The third-order valence-electron chi connectivity index (χ3n) is 19.3. The van der Waals surface area contributed by atoms with Crippen LogP contribution in [0.2, 0.25) is 0 Å². The highest BCUT2D eigenvalue weighted by Gasteiger charge is 2.38. The monoisotopic (exact) mass is 1020 g/mol. The number of rotatable bonds is 6. The van der Waals surface area contributed by atoms with Crippen molar-refractivity contribution in [1.29, 1.82) is 0 Å². The molecule has 0 heteroatoms. The van der Waals surface area contributed by atoms with Crippen LogP contribution < -0.4 is 0 Å². The van der Waals surface area contributed by atoms with E-state index < -0.39 is 0 Å². The van der Waals surface area contributed by atoms with E-state index in [1.54, 1.807) is 0 Å². The van der Waals surface area contributed by atoms with E-state index in [9.17, 15) is 0 Å². The minimum Gasteiger partial charge on any atom is -0.0795 e. The van der Waals surface area contributed by atoms with Crippen LogP contribution in [0.25, 0.3) is 144 Å². The van der Waals surface area contributed by atoms with Gasteiger partial charge in [0, 0.05) is 10.8 Å². The smallest absolute Gasteiger partial charge is 0.0159 e. The molecule has 0 unspecified atom stereocenters. The van der Waals surface area contributed by atoms with E-state index >= 15 is 0 Å². The number of hydrogen-bond acceptors (Lipinski definition) is 0. The van der Waals surface area contributed by atoms with Gasteiger partial charge in [0.25, 0.3) is 0 Å². The van der Waals surface area contributed by atoms with Gasteiger partial charge in [-0.25, -0.2) is 0 Å². The molecule has 0 bridgehead atoms. The minimum atomic E-state index is -0.153. The predicted molar refractivity (Wildman–Crippen MR) is 339 cm³/mol. The van der Waals surface area contributed by atoms with Crippen LogP contribution in [-0.4, -0.2) is 0 Å². The third-order valence-corrected chi connectivity index (χ3v) is 19.3. The summed E-state index contributed by atoms with van der Waals surface area (Å²) in [7, 11) is 0. The second-order valence-corrected chi connectivity index (χ2v) is 24.2. The Hall–Kier alpha value is -9.36. The Labute approximate surface area is 468 Å². The molecule has 0 aliphatic heterocycles. The molecule has 17 rings (SSSR count). The molecule has 5 aliphatic carbocycles. The highest BCUT2D eigenvalue weighted by molar-refractivity contribution is 6.18. The van der Waals surface area contributed by atoms with E-state index in [1.165, 1.54) is 177 Å². The Balaban J connectivity index is 0.616. The van der Waals surface area contributed by atoms with Gasteiger partial charge in [-0.05, 0) is 214 Å². The summed E-state index contributed by atoms with van der Waals surface area (Å²) in [5.74, 6) is 0. The lowest BCUT2D eigenvalue weighted by Gasteiger charge is -2.25. The summed E-state index contributed by atoms with van der Waals surface area (Å²) < 4.78 is 0. The summed E-state index contributed by atoms with van der Waals surface area (Å²) in [5.41, 5.74) is 36.9. The van der Waals surface area contributed by atoms with Crippen molar-refractivity contribution in [2.45, 2.75) is 51.4 Å². The average Bonchev–Trinajstić information content (AvgIpc) is 4.06. The van der Waals surface area contributed by atoms with Crippen LogP contribution in [0.4, 0.5) is 0 Å². The Morgan fingerprint density at radius 3 is 1.24 bits per heavy atom. The molecular weight excluding hydrogens is 961 g/mol. The van der Waals surface area contributed by atoms with Gasteiger partial charge >= 0.3 is 0 Å². The summed E-state index contributed by atoms with van der Waals surface area (Å²) >= 11 is 0. The highest BCUT2D eigenvalue weighted by Crippen LogP contribution is 2.55. The molecule has 12 aromatic rings. The summed E-state index contributed by atoms with van der Waals surface area (Å²) in [6.07, 6.45) is 9.07. The van der Waals surface area contributed by atoms with Crippen molar-refractivity contribution in [2.75, 3.05) is 0 Å². The van der Waals surface area contributed by atoms with Gasteiger partial charge in [-0.1, -0.05) is 246 Å². The van der Waals surface area contributed by atoms with Crippen molar-refractivity contribution >= 4 is 33.2 Å². The van der Waals surface area contributed by atoms with Gasteiger partial charge in [0.15, 0.2) is 0 Å². The van der Waals surface area contributed by atoms with E-state index in [-0.39, 0.29) is 10.8 Å². The van der Waals surface area contributed by atoms with Gasteiger partial charge in [0.2, 0.25) is 0 Å². The van der Waals surface area contributed by atoms with Gasteiger partial charge in [-0.2, -0.15) is 0 Å². The lowest BCUT2D eigenvalue weighted by atomic mass is 9.79. The minimum absolute atomic E-state index is 0.153. The van der Waals surface area contributed by atoms with E-state index in [4.69, 9.17) is 0 Å². The predicted octanol–water partition coefficient (Wildman–Crippen LogP) is 21.6. The maximum absolute atomic E-state index is 2.48. The molecule has 0 atom stereocenters. The second kappa shape index (κ2) is 16.6. The van der Waals surface area contributed by atoms with Crippen molar-refractivity contribution in [3.8, 4) is 111 Å². The van der Waals surface area contributed by atoms with Crippen LogP contribution in [0.3, 0.4) is 0 Å². The first-order chi connectivity index (χ1) is 39.1. The van der Waals surface area contributed by atoms with Crippen molar-refractivity contribution in [1.82, 2.24) is 0 Å². The second-order valence-electron chi connectivity index (χ2n) is 24.2. The quantitative estimate of drug-likeness (QED) is 0.156. The molecule has 0 saturated heterocycles. The molecule has 0 fully saturated rings. The van der Waals surface area contributed by atoms with Crippen LogP contribution in [0.15, 0.2) is 237 Å². The number of fused-ring (bicyclic) bond motifs is 9. The Bertz CT molecular complexity index is 4730. The molecule has 0 radical (unpaired) electrons. The van der Waals surface area contributed by atoms with Crippen molar-refractivity contribution in [2.24, 2.45) is 0 Å². The molecule has 5 aliphatic rings. The number of hydrogen-bond donors (Lipinski definition) is 0. The van der Waals surface area contributed by atoms with Crippen molar-refractivity contribution in [3.05, 3.63) is 276 Å². The summed E-state index contributed by atoms with van der Waals surface area (Å²) in [6, 6.07) is 85.8. The molecular formula is C80H56. The highest BCUT2D eigenvalue weighted by atomic mass is 14.4.